The Morgan fingerprint density at radius 2 is 1.92 bits per heavy atom. The molecule has 0 aliphatic heterocycles. The van der Waals surface area contributed by atoms with E-state index >= 15 is 0 Å². The van der Waals surface area contributed by atoms with Gasteiger partial charge in [0.15, 0.2) is 0 Å². The van der Waals surface area contributed by atoms with Gasteiger partial charge in [-0.3, -0.25) is 0 Å². The Balaban J connectivity index is 0. The molecule has 0 aliphatic rings. The maximum atomic E-state index is 10.3. The van der Waals surface area contributed by atoms with Crippen molar-refractivity contribution in [1.29, 1.82) is 0 Å². The van der Waals surface area contributed by atoms with Crippen molar-refractivity contribution in [3.63, 3.8) is 0 Å². The molecule has 0 heterocycles. The number of hydrogen-bond donors (Lipinski definition) is 0. The summed E-state index contributed by atoms with van der Waals surface area (Å²) in [4.78, 5) is 10.3. The van der Waals surface area contributed by atoms with Gasteiger partial charge in [-0.25, -0.2) is 4.79 Å². The standard InChI is InChI=1S/C6H10O2.CHF3/c1-3-5-6(7)8-4-2;2-1(3)4/h3,5H,4H2,1-2H3;1H/b5-3+;. The molecule has 0 N–H and O–H groups in total. The Morgan fingerprint density at radius 3 is 2.17 bits per heavy atom. The molecule has 0 bridgehead atoms. The predicted octanol–water partition coefficient (Wildman–Crippen LogP) is 2.30. The molecule has 5 heteroatoms. The fourth-order valence-corrected chi connectivity index (χ4v) is 0.326. The third kappa shape index (κ3) is 23.0. The molecule has 0 radical (unpaired) electrons. The fourth-order valence-electron chi connectivity index (χ4n) is 0.326. The molecule has 0 unspecified atom stereocenters. The summed E-state index contributed by atoms with van der Waals surface area (Å²) < 4.78 is 33.6. The van der Waals surface area contributed by atoms with Crippen molar-refractivity contribution in [1.82, 2.24) is 0 Å². The van der Waals surface area contributed by atoms with Gasteiger partial charge in [0.2, 0.25) is 0 Å². The molecule has 0 rings (SSSR count). The van der Waals surface area contributed by atoms with E-state index in [9.17, 15) is 18.0 Å². The summed E-state index contributed by atoms with van der Waals surface area (Å²) in [5.41, 5.74) is 0. The summed E-state index contributed by atoms with van der Waals surface area (Å²) in [5, 5.41) is 0. The zero-order valence-electron chi connectivity index (χ0n) is 6.89. The van der Waals surface area contributed by atoms with E-state index in [1.165, 1.54) is 6.08 Å². The quantitative estimate of drug-likeness (QED) is 0.486. The number of hydrogen-bond acceptors (Lipinski definition) is 2. The van der Waals surface area contributed by atoms with Crippen LogP contribution in [0.5, 0.6) is 0 Å². The van der Waals surface area contributed by atoms with Crippen LogP contribution in [0.1, 0.15) is 13.8 Å². The Hall–Kier alpha value is -1.00. The third-order valence-corrected chi connectivity index (χ3v) is 0.589. The van der Waals surface area contributed by atoms with Crippen LogP contribution in [0.4, 0.5) is 13.2 Å². The molecule has 0 aromatic heterocycles. The highest BCUT2D eigenvalue weighted by atomic mass is 19.4. The Kier molecular flexibility index (Phi) is 11.3. The van der Waals surface area contributed by atoms with Crippen LogP contribution in [0.25, 0.3) is 0 Å². The number of halogens is 3. The molecule has 0 amide bonds. The van der Waals surface area contributed by atoms with Crippen molar-refractivity contribution in [2.75, 3.05) is 6.61 Å². The first-order chi connectivity index (χ1) is 5.54. The predicted molar refractivity (Wildman–Crippen MR) is 38.6 cm³/mol. The Bertz CT molecular complexity index is 132. The van der Waals surface area contributed by atoms with Gasteiger partial charge in [-0.1, -0.05) is 6.08 Å². The molecule has 0 atom stereocenters. The van der Waals surface area contributed by atoms with E-state index in [0.717, 1.165) is 0 Å². The molecule has 0 aromatic carbocycles. The second kappa shape index (κ2) is 10.0. The van der Waals surface area contributed by atoms with Crippen molar-refractivity contribution in [3.8, 4) is 0 Å². The molecule has 2 nitrogen and oxygen atoms in total. The average molecular weight is 184 g/mol. The lowest BCUT2D eigenvalue weighted by Gasteiger charge is -1.91. The molecule has 0 aliphatic carbocycles. The summed E-state index contributed by atoms with van der Waals surface area (Å²) in [6, 6.07) is 0. The van der Waals surface area contributed by atoms with E-state index in [2.05, 4.69) is 4.74 Å². The van der Waals surface area contributed by atoms with Crippen molar-refractivity contribution >= 4 is 5.97 Å². The third-order valence-electron chi connectivity index (χ3n) is 0.589. The summed E-state index contributed by atoms with van der Waals surface area (Å²) in [6.07, 6.45) is 3.04. The summed E-state index contributed by atoms with van der Waals surface area (Å²) in [6.45, 7) is 0.335. The smallest absolute Gasteiger partial charge is 0.379 e. The largest absolute Gasteiger partial charge is 0.463 e. The lowest BCUT2D eigenvalue weighted by atomic mass is 10.5. The minimum absolute atomic E-state index is 0.269. The molecule has 72 valence electrons. The average Bonchev–Trinajstić information content (AvgIpc) is 1.87. The summed E-state index contributed by atoms with van der Waals surface area (Å²) in [5.74, 6) is -0.269. The molecule has 0 saturated carbocycles. The topological polar surface area (TPSA) is 26.3 Å². The molecule has 0 saturated heterocycles. The van der Waals surface area contributed by atoms with Gasteiger partial charge in [-0.2, -0.15) is 13.2 Å². The van der Waals surface area contributed by atoms with Gasteiger partial charge >= 0.3 is 12.6 Å². The normalized spacial score (nSPS) is 9.50. The van der Waals surface area contributed by atoms with Crippen LogP contribution in [0.15, 0.2) is 12.2 Å². The molecule has 12 heavy (non-hydrogen) atoms. The SMILES string of the molecule is C/C=C/C(=O)OCC.FC(F)F. The lowest BCUT2D eigenvalue weighted by Crippen LogP contribution is -1.98. The number of carbonyl (C=O) groups is 1. The van der Waals surface area contributed by atoms with E-state index in [1.54, 1.807) is 19.9 Å². The van der Waals surface area contributed by atoms with Crippen LogP contribution >= 0.6 is 0 Å². The number of esters is 1. The van der Waals surface area contributed by atoms with E-state index in [-0.39, 0.29) is 5.97 Å². The zero-order valence-corrected chi connectivity index (χ0v) is 6.89. The van der Waals surface area contributed by atoms with Crippen molar-refractivity contribution in [2.24, 2.45) is 0 Å². The van der Waals surface area contributed by atoms with E-state index in [1.807, 2.05) is 0 Å². The van der Waals surface area contributed by atoms with Gasteiger partial charge in [0, 0.05) is 6.08 Å². The summed E-state index contributed by atoms with van der Waals surface area (Å²) in [7, 11) is 0. The number of alkyl halides is 3. The van der Waals surface area contributed by atoms with E-state index < -0.39 is 6.68 Å². The Labute approximate surface area is 69.0 Å². The first kappa shape index (κ1) is 13.6. The van der Waals surface area contributed by atoms with Crippen molar-refractivity contribution in [3.05, 3.63) is 12.2 Å². The number of rotatable bonds is 2. The highest BCUT2D eigenvalue weighted by Gasteiger charge is 1.88. The van der Waals surface area contributed by atoms with Crippen LogP contribution in [0, 0.1) is 0 Å². The minimum atomic E-state index is -3.67. The van der Waals surface area contributed by atoms with Gasteiger partial charge in [0.25, 0.3) is 0 Å². The molecular weight excluding hydrogens is 173 g/mol. The zero-order chi connectivity index (χ0) is 9.98. The van der Waals surface area contributed by atoms with E-state index in [4.69, 9.17) is 0 Å². The van der Waals surface area contributed by atoms with Crippen LogP contribution < -0.4 is 0 Å². The fraction of sp³-hybridized carbons (Fsp3) is 0.571. The van der Waals surface area contributed by atoms with Gasteiger partial charge in [0.05, 0.1) is 6.61 Å². The minimum Gasteiger partial charge on any atom is -0.463 e. The van der Waals surface area contributed by atoms with Crippen LogP contribution in [0.3, 0.4) is 0 Å². The maximum Gasteiger partial charge on any atom is 0.379 e. The van der Waals surface area contributed by atoms with Gasteiger partial charge in [-0.05, 0) is 13.8 Å². The first-order valence-corrected chi connectivity index (χ1v) is 3.26. The van der Waals surface area contributed by atoms with E-state index in [0.29, 0.717) is 6.61 Å². The van der Waals surface area contributed by atoms with Crippen LogP contribution in [0.2, 0.25) is 0 Å². The van der Waals surface area contributed by atoms with Gasteiger partial charge < -0.3 is 4.74 Å². The highest BCUT2D eigenvalue weighted by molar-refractivity contribution is 5.81. The molecular formula is C7H11F3O2. The van der Waals surface area contributed by atoms with Gasteiger partial charge in [0.1, 0.15) is 0 Å². The molecule has 0 spiro atoms. The second-order valence-electron chi connectivity index (χ2n) is 1.50. The number of carbonyl (C=O) groups excluding carboxylic acids is 1. The number of ether oxygens (including phenoxy) is 1. The first-order valence-electron chi connectivity index (χ1n) is 3.26. The van der Waals surface area contributed by atoms with Crippen LogP contribution in [-0.4, -0.2) is 19.3 Å². The number of allylic oxidation sites excluding steroid dienone is 1. The highest BCUT2D eigenvalue weighted by Crippen LogP contribution is 1.87. The van der Waals surface area contributed by atoms with Crippen molar-refractivity contribution in [2.45, 2.75) is 20.5 Å². The lowest BCUT2D eigenvalue weighted by molar-refractivity contribution is -0.137. The van der Waals surface area contributed by atoms with Gasteiger partial charge in [-0.15, -0.1) is 0 Å². The maximum absolute atomic E-state index is 10.3. The van der Waals surface area contributed by atoms with Crippen molar-refractivity contribution < 1.29 is 22.7 Å². The van der Waals surface area contributed by atoms with Crippen LogP contribution in [-0.2, 0) is 9.53 Å². The summed E-state index contributed by atoms with van der Waals surface area (Å²) >= 11 is 0. The Morgan fingerprint density at radius 1 is 1.50 bits per heavy atom. The molecule has 0 aromatic rings. The monoisotopic (exact) mass is 184 g/mol. The molecule has 0 fully saturated rings. The second-order valence-corrected chi connectivity index (χ2v) is 1.50.